The van der Waals surface area contributed by atoms with Gasteiger partial charge < -0.3 is 4.74 Å². The van der Waals surface area contributed by atoms with Crippen LogP contribution in [-0.2, 0) is 15.7 Å². The van der Waals surface area contributed by atoms with Crippen molar-refractivity contribution in [3.63, 3.8) is 0 Å². The summed E-state index contributed by atoms with van der Waals surface area (Å²) < 4.78 is 6.01. The molecule has 1 aliphatic rings. The summed E-state index contributed by atoms with van der Waals surface area (Å²) in [5.41, 5.74) is 0.557. The van der Waals surface area contributed by atoms with E-state index in [9.17, 15) is 9.59 Å². The third kappa shape index (κ3) is 2.82. The number of rotatable bonds is 4. The van der Waals surface area contributed by atoms with Gasteiger partial charge in [0.25, 0.3) is 0 Å². The molecule has 3 aromatic rings. The molecule has 3 nitrogen and oxygen atoms in total. The largest absolute Gasteiger partial charge is 0.447 e. The number of hydrogen-bond acceptors (Lipinski definition) is 3. The Morgan fingerprint density at radius 2 is 1.27 bits per heavy atom. The van der Waals surface area contributed by atoms with Gasteiger partial charge in [-0.25, -0.2) is 0 Å². The van der Waals surface area contributed by atoms with Crippen LogP contribution >= 0.6 is 0 Å². The smallest absolute Gasteiger partial charge is 0.248 e. The van der Waals surface area contributed by atoms with Gasteiger partial charge in [0.15, 0.2) is 17.3 Å². The Balaban J connectivity index is 1.89. The van der Waals surface area contributed by atoms with Crippen molar-refractivity contribution in [3.8, 4) is 11.5 Å². The van der Waals surface area contributed by atoms with Crippen molar-refractivity contribution in [2.24, 2.45) is 0 Å². The molecule has 1 unspecified atom stereocenters. The molecular formula is C22H17O3S+. The molecule has 0 spiro atoms. The van der Waals surface area contributed by atoms with Gasteiger partial charge in [-0.2, -0.15) is 0 Å². The number of fused-ring (bicyclic) bond motifs is 2. The summed E-state index contributed by atoms with van der Waals surface area (Å²) in [7, 11) is -0.717. The lowest BCUT2D eigenvalue weighted by molar-refractivity contribution is -0.115. The van der Waals surface area contributed by atoms with Gasteiger partial charge in [-0.05, 0) is 24.3 Å². The predicted octanol–water partition coefficient (Wildman–Crippen LogP) is 4.67. The van der Waals surface area contributed by atoms with Crippen LogP contribution in [0.3, 0.4) is 0 Å². The Hall–Kier alpha value is -2.85. The topological polar surface area (TPSA) is 43.4 Å². The van der Waals surface area contributed by atoms with Crippen molar-refractivity contribution in [1.82, 2.24) is 0 Å². The van der Waals surface area contributed by atoms with E-state index in [1.165, 1.54) is 6.92 Å². The Morgan fingerprint density at radius 3 is 1.81 bits per heavy atom. The van der Waals surface area contributed by atoms with Crippen LogP contribution < -0.4 is 4.74 Å². The molecule has 0 saturated heterocycles. The van der Waals surface area contributed by atoms with Crippen molar-refractivity contribution in [2.45, 2.75) is 22.0 Å². The Labute approximate surface area is 155 Å². The molecule has 0 bridgehead atoms. The average Bonchev–Trinajstić information content (AvgIpc) is 2.68. The zero-order valence-electron chi connectivity index (χ0n) is 14.2. The van der Waals surface area contributed by atoms with Crippen LogP contribution in [0.25, 0.3) is 0 Å². The summed E-state index contributed by atoms with van der Waals surface area (Å²) in [6.07, 6.45) is 0. The second-order valence-electron chi connectivity index (χ2n) is 6.05. The highest BCUT2D eigenvalue weighted by Crippen LogP contribution is 2.45. The first kappa shape index (κ1) is 16.6. The van der Waals surface area contributed by atoms with Gasteiger partial charge in [0.1, 0.15) is 0 Å². The van der Waals surface area contributed by atoms with Gasteiger partial charge in [0.2, 0.25) is 20.8 Å². The lowest BCUT2D eigenvalue weighted by Crippen LogP contribution is -2.38. The third-order valence-electron chi connectivity index (χ3n) is 4.29. The first-order chi connectivity index (χ1) is 12.7. The zero-order valence-corrected chi connectivity index (χ0v) is 15.0. The van der Waals surface area contributed by atoms with Gasteiger partial charge in [-0.15, -0.1) is 0 Å². The number of carbonyl (C=O) groups excluding carboxylic acids is 2. The third-order valence-corrected chi connectivity index (χ3v) is 6.93. The van der Waals surface area contributed by atoms with Crippen LogP contribution in [0.15, 0.2) is 88.7 Å². The Bertz CT molecular complexity index is 936. The molecule has 0 saturated carbocycles. The van der Waals surface area contributed by atoms with Gasteiger partial charge >= 0.3 is 0 Å². The lowest BCUT2D eigenvalue weighted by Gasteiger charge is -2.23. The molecule has 26 heavy (non-hydrogen) atoms. The second kappa shape index (κ2) is 6.81. The summed E-state index contributed by atoms with van der Waals surface area (Å²) >= 11 is 0. The molecule has 1 heterocycles. The van der Waals surface area contributed by atoms with E-state index in [4.69, 9.17) is 4.74 Å². The molecule has 0 fully saturated rings. The van der Waals surface area contributed by atoms with Crippen molar-refractivity contribution >= 4 is 22.5 Å². The highest BCUT2D eigenvalue weighted by atomic mass is 32.2. The monoisotopic (exact) mass is 361 g/mol. The molecule has 0 aliphatic carbocycles. The maximum absolute atomic E-state index is 13.3. The minimum absolute atomic E-state index is 0.131. The second-order valence-corrected chi connectivity index (χ2v) is 8.08. The fraction of sp³-hybridized carbons (Fsp3) is 0.0909. The zero-order chi connectivity index (χ0) is 18.1. The number of Topliss-reactive ketones (excluding diaryl/α,β-unsaturated/α-hetero) is 2. The highest BCUT2D eigenvalue weighted by molar-refractivity contribution is 7.99. The first-order valence-electron chi connectivity index (χ1n) is 8.35. The number of ether oxygens (including phenoxy) is 1. The molecule has 128 valence electrons. The molecular weight excluding hydrogens is 344 g/mol. The number of para-hydroxylation sites is 2. The highest BCUT2D eigenvalue weighted by Gasteiger charge is 2.49. The summed E-state index contributed by atoms with van der Waals surface area (Å²) in [5, 5.41) is -0.761. The lowest BCUT2D eigenvalue weighted by atomic mass is 10.1. The van der Waals surface area contributed by atoms with E-state index in [2.05, 4.69) is 0 Å². The number of carbonyl (C=O) groups is 2. The molecule has 0 N–H and O–H groups in total. The summed E-state index contributed by atoms with van der Waals surface area (Å²) in [5.74, 6) is 1.14. The molecule has 1 aliphatic heterocycles. The fourth-order valence-electron chi connectivity index (χ4n) is 3.13. The van der Waals surface area contributed by atoms with Crippen molar-refractivity contribution < 1.29 is 14.3 Å². The SMILES string of the molecule is CC(=O)C(C(=O)c1ccccc1)[S+]1c2ccccc2Oc2ccccc21. The van der Waals surface area contributed by atoms with Crippen LogP contribution in [0.2, 0.25) is 0 Å². The van der Waals surface area contributed by atoms with E-state index < -0.39 is 16.1 Å². The summed E-state index contributed by atoms with van der Waals surface area (Å²) in [4.78, 5) is 27.7. The van der Waals surface area contributed by atoms with Crippen molar-refractivity contribution in [1.29, 1.82) is 0 Å². The minimum Gasteiger partial charge on any atom is -0.447 e. The number of hydrogen-bond donors (Lipinski definition) is 0. The van der Waals surface area contributed by atoms with Crippen LogP contribution in [0.1, 0.15) is 17.3 Å². The van der Waals surface area contributed by atoms with Crippen LogP contribution in [0.4, 0.5) is 0 Å². The average molecular weight is 361 g/mol. The van der Waals surface area contributed by atoms with Gasteiger partial charge in [-0.1, -0.05) is 54.6 Å². The normalized spacial score (nSPS) is 13.9. The van der Waals surface area contributed by atoms with E-state index in [0.717, 1.165) is 9.79 Å². The molecule has 4 heteroatoms. The van der Waals surface area contributed by atoms with Crippen molar-refractivity contribution in [2.75, 3.05) is 0 Å². The van der Waals surface area contributed by atoms with Gasteiger partial charge in [-0.3, -0.25) is 9.59 Å². The predicted molar refractivity (Wildman–Crippen MR) is 102 cm³/mol. The maximum atomic E-state index is 13.3. The molecule has 0 amide bonds. The first-order valence-corrected chi connectivity index (χ1v) is 9.64. The van der Waals surface area contributed by atoms with Crippen LogP contribution in [0, 0.1) is 0 Å². The van der Waals surface area contributed by atoms with Gasteiger partial charge in [0, 0.05) is 12.5 Å². The Kier molecular flexibility index (Phi) is 4.35. The quantitative estimate of drug-likeness (QED) is 0.385. The molecule has 4 rings (SSSR count). The molecule has 1 atom stereocenters. The Morgan fingerprint density at radius 1 is 0.769 bits per heavy atom. The fourth-order valence-corrected chi connectivity index (χ4v) is 5.66. The maximum Gasteiger partial charge on any atom is 0.248 e. The summed E-state index contributed by atoms with van der Waals surface area (Å²) in [6, 6.07) is 24.3. The molecule has 3 aromatic carbocycles. The van der Waals surface area contributed by atoms with E-state index in [-0.39, 0.29) is 11.6 Å². The standard InChI is InChI=1S/C22H17O3S/c1-15(23)22(21(24)16-9-3-2-4-10-16)26-19-13-7-5-11-17(19)25-18-12-6-8-14-20(18)26/h2-14,22H,1H3/q+1. The molecule has 0 aromatic heterocycles. The van der Waals surface area contributed by atoms with Gasteiger partial charge in [0.05, 0.1) is 10.9 Å². The number of benzene rings is 3. The van der Waals surface area contributed by atoms with Crippen molar-refractivity contribution in [3.05, 3.63) is 84.4 Å². The van der Waals surface area contributed by atoms with Crippen LogP contribution in [-0.4, -0.2) is 16.8 Å². The number of ketones is 2. The van der Waals surface area contributed by atoms with E-state index in [1.807, 2.05) is 66.7 Å². The van der Waals surface area contributed by atoms with E-state index >= 15 is 0 Å². The van der Waals surface area contributed by atoms with E-state index in [0.29, 0.717) is 17.1 Å². The van der Waals surface area contributed by atoms with Crippen LogP contribution in [0.5, 0.6) is 11.5 Å². The minimum atomic E-state index is -0.761. The van der Waals surface area contributed by atoms with E-state index in [1.54, 1.807) is 12.1 Å². The molecule has 0 radical (unpaired) electrons. The summed E-state index contributed by atoms with van der Waals surface area (Å²) in [6.45, 7) is 1.50.